The van der Waals surface area contributed by atoms with E-state index in [1.54, 1.807) is 0 Å². The van der Waals surface area contributed by atoms with Crippen molar-refractivity contribution in [2.24, 2.45) is 0 Å². The average molecular weight is 349 g/mol. The molecular formula is C14H19BrClNO2. The van der Waals surface area contributed by atoms with E-state index >= 15 is 0 Å². The topological polar surface area (TPSA) is 41.5 Å². The van der Waals surface area contributed by atoms with Crippen LogP contribution in [0.5, 0.6) is 0 Å². The van der Waals surface area contributed by atoms with Gasteiger partial charge in [0.15, 0.2) is 0 Å². The van der Waals surface area contributed by atoms with Crippen LogP contribution in [0.25, 0.3) is 0 Å². The summed E-state index contributed by atoms with van der Waals surface area (Å²) in [6.45, 7) is 5.07. The van der Waals surface area contributed by atoms with Crippen molar-refractivity contribution in [2.45, 2.75) is 38.0 Å². The zero-order valence-electron chi connectivity index (χ0n) is 11.1. The molecule has 19 heavy (non-hydrogen) atoms. The molecule has 0 saturated carbocycles. The number of rotatable bonds is 4. The Morgan fingerprint density at radius 2 is 2.37 bits per heavy atom. The van der Waals surface area contributed by atoms with E-state index in [4.69, 9.17) is 16.3 Å². The number of hydrogen-bond acceptors (Lipinski definition) is 3. The van der Waals surface area contributed by atoms with Crippen LogP contribution in [-0.2, 0) is 4.74 Å². The molecule has 2 N–H and O–H groups in total. The van der Waals surface area contributed by atoms with Crippen LogP contribution in [0.3, 0.4) is 0 Å². The number of ether oxygens (including phenoxy) is 1. The van der Waals surface area contributed by atoms with Crippen molar-refractivity contribution in [1.29, 1.82) is 0 Å². The Morgan fingerprint density at radius 3 is 2.95 bits per heavy atom. The molecule has 0 amide bonds. The van der Waals surface area contributed by atoms with Gasteiger partial charge in [-0.3, -0.25) is 0 Å². The molecule has 5 heteroatoms. The third kappa shape index (κ3) is 3.50. The molecule has 1 aliphatic heterocycles. The van der Waals surface area contributed by atoms with Crippen molar-refractivity contribution < 1.29 is 9.84 Å². The van der Waals surface area contributed by atoms with Crippen LogP contribution in [-0.4, -0.2) is 30.0 Å². The Morgan fingerprint density at radius 1 is 1.63 bits per heavy atom. The Balaban J connectivity index is 1.99. The fourth-order valence-electron chi connectivity index (χ4n) is 2.30. The number of aliphatic hydroxyl groups is 1. The van der Waals surface area contributed by atoms with Gasteiger partial charge in [-0.05, 0) is 31.5 Å². The van der Waals surface area contributed by atoms with Crippen molar-refractivity contribution in [2.75, 3.05) is 13.2 Å². The van der Waals surface area contributed by atoms with Crippen molar-refractivity contribution in [1.82, 2.24) is 5.32 Å². The fraction of sp³-hybridized carbons (Fsp3) is 0.571. The molecule has 106 valence electrons. The van der Waals surface area contributed by atoms with Gasteiger partial charge < -0.3 is 15.2 Å². The predicted molar refractivity (Wildman–Crippen MR) is 80.6 cm³/mol. The van der Waals surface area contributed by atoms with Gasteiger partial charge in [0.1, 0.15) is 5.60 Å². The second-order valence-corrected chi connectivity index (χ2v) is 6.46. The first-order valence-electron chi connectivity index (χ1n) is 6.45. The first-order valence-corrected chi connectivity index (χ1v) is 7.62. The van der Waals surface area contributed by atoms with Gasteiger partial charge in [0.05, 0.1) is 6.10 Å². The number of nitrogens with one attached hydrogen (secondary N) is 1. The minimum absolute atomic E-state index is 0.0809. The van der Waals surface area contributed by atoms with Gasteiger partial charge in [-0.15, -0.1) is 0 Å². The number of halogens is 2. The Labute approximate surface area is 127 Å². The quantitative estimate of drug-likeness (QED) is 0.877. The van der Waals surface area contributed by atoms with E-state index in [0.717, 1.165) is 15.1 Å². The summed E-state index contributed by atoms with van der Waals surface area (Å²) in [5.74, 6) is 0. The molecule has 0 spiro atoms. The summed E-state index contributed by atoms with van der Waals surface area (Å²) in [7, 11) is 0. The second-order valence-electron chi connectivity index (χ2n) is 5.14. The van der Waals surface area contributed by atoms with Crippen LogP contribution in [0.4, 0.5) is 0 Å². The smallest absolute Gasteiger partial charge is 0.105 e. The summed E-state index contributed by atoms with van der Waals surface area (Å²) < 4.78 is 6.39. The zero-order valence-corrected chi connectivity index (χ0v) is 13.5. The second kappa shape index (κ2) is 6.10. The molecule has 1 heterocycles. The molecule has 2 rings (SSSR count). The van der Waals surface area contributed by atoms with Crippen molar-refractivity contribution in [3.05, 3.63) is 33.3 Å². The van der Waals surface area contributed by atoms with Gasteiger partial charge in [0.2, 0.25) is 0 Å². The highest BCUT2D eigenvalue weighted by Gasteiger charge is 2.39. The molecule has 3 unspecified atom stereocenters. The van der Waals surface area contributed by atoms with E-state index in [0.29, 0.717) is 19.6 Å². The summed E-state index contributed by atoms with van der Waals surface area (Å²) in [6.07, 6.45) is 0.537. The molecule has 0 aliphatic carbocycles. The van der Waals surface area contributed by atoms with E-state index in [1.165, 1.54) is 0 Å². The summed E-state index contributed by atoms with van der Waals surface area (Å²) in [5.41, 5.74) is 0.246. The van der Waals surface area contributed by atoms with Gasteiger partial charge in [0.25, 0.3) is 0 Å². The Bertz CT molecular complexity index is 457. The third-order valence-electron chi connectivity index (χ3n) is 3.80. The van der Waals surface area contributed by atoms with E-state index < -0.39 is 5.60 Å². The summed E-state index contributed by atoms with van der Waals surface area (Å²) in [6, 6.07) is 5.92. The summed E-state index contributed by atoms with van der Waals surface area (Å²) in [5, 5.41) is 14.5. The minimum Gasteiger partial charge on any atom is -0.386 e. The molecule has 0 aromatic heterocycles. The van der Waals surface area contributed by atoms with Gasteiger partial charge in [-0.1, -0.05) is 33.6 Å². The highest BCUT2D eigenvalue weighted by Crippen LogP contribution is 2.28. The van der Waals surface area contributed by atoms with Crippen LogP contribution in [0.1, 0.15) is 31.9 Å². The van der Waals surface area contributed by atoms with Gasteiger partial charge >= 0.3 is 0 Å². The lowest BCUT2D eigenvalue weighted by Gasteiger charge is -2.28. The van der Waals surface area contributed by atoms with Crippen LogP contribution in [0.2, 0.25) is 5.02 Å². The van der Waals surface area contributed by atoms with E-state index in [-0.39, 0.29) is 12.1 Å². The summed E-state index contributed by atoms with van der Waals surface area (Å²) in [4.78, 5) is 0. The maximum absolute atomic E-state index is 10.4. The maximum Gasteiger partial charge on any atom is 0.105 e. The van der Waals surface area contributed by atoms with Crippen LogP contribution < -0.4 is 5.32 Å². The third-order valence-corrected chi connectivity index (χ3v) is 4.62. The zero-order chi connectivity index (χ0) is 14.0. The molecule has 0 radical (unpaired) electrons. The van der Waals surface area contributed by atoms with Crippen molar-refractivity contribution in [3.63, 3.8) is 0 Å². The average Bonchev–Trinajstić information content (AvgIpc) is 2.67. The highest BCUT2D eigenvalue weighted by molar-refractivity contribution is 9.10. The van der Waals surface area contributed by atoms with Crippen LogP contribution in [0.15, 0.2) is 22.7 Å². The standard InChI is InChI=1S/C14H19BrClNO2/c1-9(12-4-3-11(15)7-13(12)16)17-8-14(18)5-6-19-10(14)2/h3-4,7,9-10,17-18H,5-6,8H2,1-2H3. The van der Waals surface area contributed by atoms with Crippen molar-refractivity contribution >= 4 is 27.5 Å². The van der Waals surface area contributed by atoms with E-state index in [9.17, 15) is 5.11 Å². The predicted octanol–water partition coefficient (Wildman–Crippen LogP) is 3.29. The van der Waals surface area contributed by atoms with Gasteiger partial charge in [0, 0.05) is 35.1 Å². The van der Waals surface area contributed by atoms with Crippen LogP contribution in [0, 0.1) is 0 Å². The fourth-order valence-corrected chi connectivity index (χ4v) is 3.13. The van der Waals surface area contributed by atoms with Gasteiger partial charge in [-0.25, -0.2) is 0 Å². The SMILES string of the molecule is CC(NCC1(O)CCOC1C)c1ccc(Br)cc1Cl. The Kier molecular flexibility index (Phi) is 4.90. The molecule has 1 aromatic rings. The molecule has 3 nitrogen and oxygen atoms in total. The molecular weight excluding hydrogens is 330 g/mol. The summed E-state index contributed by atoms with van der Waals surface area (Å²) >= 11 is 9.62. The Hall–Kier alpha value is -0.130. The van der Waals surface area contributed by atoms with Crippen molar-refractivity contribution in [3.8, 4) is 0 Å². The first kappa shape index (κ1) is 15.3. The van der Waals surface area contributed by atoms with E-state index in [1.807, 2.05) is 32.0 Å². The normalized spacial score (nSPS) is 28.6. The van der Waals surface area contributed by atoms with E-state index in [2.05, 4.69) is 21.2 Å². The maximum atomic E-state index is 10.4. The lowest BCUT2D eigenvalue weighted by Crippen LogP contribution is -2.46. The minimum atomic E-state index is -0.782. The number of hydrogen-bond donors (Lipinski definition) is 2. The molecule has 1 aliphatic rings. The molecule has 1 saturated heterocycles. The lowest BCUT2D eigenvalue weighted by atomic mass is 9.96. The monoisotopic (exact) mass is 347 g/mol. The largest absolute Gasteiger partial charge is 0.386 e. The van der Waals surface area contributed by atoms with Gasteiger partial charge in [-0.2, -0.15) is 0 Å². The lowest BCUT2D eigenvalue weighted by molar-refractivity contribution is -0.0274. The molecule has 0 bridgehead atoms. The molecule has 1 aromatic carbocycles. The number of benzene rings is 1. The van der Waals surface area contributed by atoms with Crippen LogP contribution >= 0.6 is 27.5 Å². The highest BCUT2D eigenvalue weighted by atomic mass is 79.9. The first-order chi connectivity index (χ1) is 8.92. The molecule has 1 fully saturated rings. The molecule has 3 atom stereocenters.